The van der Waals surface area contributed by atoms with Crippen LogP contribution in [0.5, 0.6) is 0 Å². The van der Waals surface area contributed by atoms with Gasteiger partial charge in [-0.05, 0) is 42.6 Å². The zero-order chi connectivity index (χ0) is 21.3. The molecule has 1 aromatic carbocycles. The molecule has 4 aromatic rings. The van der Waals surface area contributed by atoms with Crippen molar-refractivity contribution in [3.63, 3.8) is 0 Å². The molecule has 0 aliphatic heterocycles. The Labute approximate surface area is 178 Å². The summed E-state index contributed by atoms with van der Waals surface area (Å²) in [6.45, 7) is 1.73. The number of nitrogens with two attached hydrogens (primary N) is 1. The number of halogens is 1. The number of benzene rings is 1. The third-order valence-electron chi connectivity index (χ3n) is 4.23. The molecule has 0 radical (unpaired) electrons. The summed E-state index contributed by atoms with van der Waals surface area (Å²) >= 11 is 2.47. The standard InChI is InChI=1S/C19H15FN6O2S2/c1-10(17(28)25-19-13(15(21)27)6-7-29-19)30-18-14-8-24-26(16(14)22-9-23-18)12-4-2-11(20)3-5-12/h2-10H,1H3,(H2,21,27)(H,25,28). The highest BCUT2D eigenvalue weighted by atomic mass is 32.2. The van der Waals surface area contributed by atoms with Gasteiger partial charge in [0.2, 0.25) is 5.91 Å². The number of rotatable bonds is 6. The first-order valence-corrected chi connectivity index (χ1v) is 10.5. The molecule has 8 nitrogen and oxygen atoms in total. The molecule has 0 saturated carbocycles. The van der Waals surface area contributed by atoms with Gasteiger partial charge in [0.05, 0.1) is 28.1 Å². The number of carbonyl (C=O) groups excluding carboxylic acids is 2. The summed E-state index contributed by atoms with van der Waals surface area (Å²) in [5, 5.41) is 9.90. The molecule has 0 aliphatic rings. The van der Waals surface area contributed by atoms with Crippen molar-refractivity contribution in [2.24, 2.45) is 5.73 Å². The number of nitrogens with zero attached hydrogens (tertiary/aromatic N) is 4. The second kappa shape index (κ2) is 8.20. The number of thioether (sulfide) groups is 1. The summed E-state index contributed by atoms with van der Waals surface area (Å²) < 4.78 is 14.8. The van der Waals surface area contributed by atoms with Crippen LogP contribution in [0.2, 0.25) is 0 Å². The Morgan fingerprint density at radius 1 is 1.23 bits per heavy atom. The number of primary amides is 1. The Morgan fingerprint density at radius 2 is 2.00 bits per heavy atom. The summed E-state index contributed by atoms with van der Waals surface area (Å²) in [7, 11) is 0. The number of amides is 2. The topological polar surface area (TPSA) is 116 Å². The lowest BCUT2D eigenvalue weighted by Crippen LogP contribution is -2.23. The van der Waals surface area contributed by atoms with Crippen LogP contribution in [0, 0.1) is 5.82 Å². The van der Waals surface area contributed by atoms with Gasteiger partial charge >= 0.3 is 0 Å². The molecule has 0 aliphatic carbocycles. The Balaban J connectivity index is 1.56. The Bertz CT molecular complexity index is 1240. The number of fused-ring (bicyclic) bond motifs is 1. The predicted octanol–water partition coefficient (Wildman–Crippen LogP) is 3.23. The molecule has 0 saturated heterocycles. The molecule has 1 unspecified atom stereocenters. The van der Waals surface area contributed by atoms with Crippen molar-refractivity contribution < 1.29 is 14.0 Å². The van der Waals surface area contributed by atoms with Crippen LogP contribution >= 0.6 is 23.1 Å². The maximum Gasteiger partial charge on any atom is 0.251 e. The molecule has 30 heavy (non-hydrogen) atoms. The molecule has 0 bridgehead atoms. The van der Waals surface area contributed by atoms with E-state index in [0.717, 1.165) is 0 Å². The SMILES string of the molecule is CC(Sc1ncnc2c1cnn2-c1ccc(F)cc1)C(=O)Nc1sccc1C(N)=O. The normalized spacial score (nSPS) is 12.1. The average molecular weight is 443 g/mol. The number of hydrogen-bond acceptors (Lipinski definition) is 7. The molecule has 2 amide bonds. The second-order valence-electron chi connectivity index (χ2n) is 6.23. The van der Waals surface area contributed by atoms with Gasteiger partial charge in [0, 0.05) is 0 Å². The molecule has 0 fully saturated rings. The van der Waals surface area contributed by atoms with Gasteiger partial charge in [-0.3, -0.25) is 9.59 Å². The predicted molar refractivity (Wildman–Crippen MR) is 113 cm³/mol. The Morgan fingerprint density at radius 3 is 2.73 bits per heavy atom. The molecule has 0 spiro atoms. The molecule has 3 N–H and O–H groups in total. The van der Waals surface area contributed by atoms with Gasteiger partial charge in [0.25, 0.3) is 5.91 Å². The highest BCUT2D eigenvalue weighted by molar-refractivity contribution is 8.00. The Kier molecular flexibility index (Phi) is 5.46. The zero-order valence-electron chi connectivity index (χ0n) is 15.6. The van der Waals surface area contributed by atoms with Gasteiger partial charge in [-0.2, -0.15) is 5.10 Å². The maximum absolute atomic E-state index is 13.2. The van der Waals surface area contributed by atoms with Crippen molar-refractivity contribution in [2.45, 2.75) is 17.2 Å². The molecular formula is C19H15FN6O2S2. The van der Waals surface area contributed by atoms with E-state index < -0.39 is 11.2 Å². The average Bonchev–Trinajstić information content (AvgIpc) is 3.36. The number of thiophene rings is 1. The fraction of sp³-hybridized carbons (Fsp3) is 0.105. The van der Waals surface area contributed by atoms with Crippen molar-refractivity contribution in [2.75, 3.05) is 5.32 Å². The van der Waals surface area contributed by atoms with Crippen molar-refractivity contribution in [3.8, 4) is 5.69 Å². The van der Waals surface area contributed by atoms with E-state index in [-0.39, 0.29) is 17.3 Å². The summed E-state index contributed by atoms with van der Waals surface area (Å²) in [4.78, 5) is 32.6. The van der Waals surface area contributed by atoms with Gasteiger partial charge in [-0.15, -0.1) is 11.3 Å². The minimum absolute atomic E-state index is 0.274. The van der Waals surface area contributed by atoms with E-state index in [4.69, 9.17) is 5.73 Å². The zero-order valence-corrected chi connectivity index (χ0v) is 17.2. The van der Waals surface area contributed by atoms with Crippen molar-refractivity contribution in [3.05, 3.63) is 59.6 Å². The van der Waals surface area contributed by atoms with Crippen LogP contribution in [0.15, 0.2) is 53.3 Å². The van der Waals surface area contributed by atoms with Crippen LogP contribution in [0.4, 0.5) is 9.39 Å². The number of hydrogen-bond donors (Lipinski definition) is 2. The molecule has 11 heteroatoms. The number of nitrogens with one attached hydrogen (secondary N) is 1. The first kappa shape index (κ1) is 20.0. The lowest BCUT2D eigenvalue weighted by atomic mass is 10.3. The van der Waals surface area contributed by atoms with Gasteiger partial charge in [-0.1, -0.05) is 11.8 Å². The molecule has 4 rings (SSSR count). The summed E-state index contributed by atoms with van der Waals surface area (Å²) in [5.74, 6) is -1.23. The third-order valence-corrected chi connectivity index (χ3v) is 6.17. The van der Waals surface area contributed by atoms with Crippen LogP contribution in [0.1, 0.15) is 17.3 Å². The molecule has 1 atom stereocenters. The quantitative estimate of drug-likeness (QED) is 0.350. The van der Waals surface area contributed by atoms with E-state index in [1.165, 1.54) is 41.6 Å². The largest absolute Gasteiger partial charge is 0.366 e. The van der Waals surface area contributed by atoms with Crippen LogP contribution in [0.3, 0.4) is 0 Å². The highest BCUT2D eigenvalue weighted by Gasteiger charge is 2.21. The minimum atomic E-state index is -0.599. The van der Waals surface area contributed by atoms with E-state index in [1.54, 1.807) is 41.4 Å². The van der Waals surface area contributed by atoms with E-state index in [1.807, 2.05) is 0 Å². The fourth-order valence-electron chi connectivity index (χ4n) is 2.72. The van der Waals surface area contributed by atoms with Crippen LogP contribution in [0.25, 0.3) is 16.7 Å². The minimum Gasteiger partial charge on any atom is -0.366 e. The van der Waals surface area contributed by atoms with Crippen molar-refractivity contribution in [1.82, 2.24) is 19.7 Å². The first-order valence-electron chi connectivity index (χ1n) is 8.73. The van der Waals surface area contributed by atoms with E-state index in [2.05, 4.69) is 20.4 Å². The van der Waals surface area contributed by atoms with Crippen LogP contribution in [-0.2, 0) is 4.79 Å². The fourth-order valence-corrected chi connectivity index (χ4v) is 4.40. The van der Waals surface area contributed by atoms with Gasteiger partial charge in [0.1, 0.15) is 22.2 Å². The van der Waals surface area contributed by atoms with Crippen molar-refractivity contribution >= 4 is 50.9 Å². The third kappa shape index (κ3) is 3.89. The summed E-state index contributed by atoms with van der Waals surface area (Å²) in [6.07, 6.45) is 3.00. The summed E-state index contributed by atoms with van der Waals surface area (Å²) in [5.41, 5.74) is 6.79. The first-order chi connectivity index (χ1) is 14.4. The van der Waals surface area contributed by atoms with E-state index in [9.17, 15) is 14.0 Å². The lowest BCUT2D eigenvalue weighted by Gasteiger charge is -2.11. The molecular weight excluding hydrogens is 427 g/mol. The molecule has 3 heterocycles. The number of aromatic nitrogens is 4. The van der Waals surface area contributed by atoms with Gasteiger partial charge in [-0.25, -0.2) is 19.0 Å². The second-order valence-corrected chi connectivity index (χ2v) is 8.47. The molecule has 152 valence electrons. The number of anilines is 1. The smallest absolute Gasteiger partial charge is 0.251 e. The van der Waals surface area contributed by atoms with Crippen molar-refractivity contribution in [1.29, 1.82) is 0 Å². The van der Waals surface area contributed by atoms with Gasteiger partial charge in [0.15, 0.2) is 5.65 Å². The maximum atomic E-state index is 13.2. The molecule has 3 aromatic heterocycles. The van der Waals surface area contributed by atoms with Gasteiger partial charge < -0.3 is 11.1 Å². The van der Waals surface area contributed by atoms with Crippen LogP contribution < -0.4 is 11.1 Å². The summed E-state index contributed by atoms with van der Waals surface area (Å²) in [6, 6.07) is 7.46. The monoisotopic (exact) mass is 442 g/mol. The lowest BCUT2D eigenvalue weighted by molar-refractivity contribution is -0.115. The van der Waals surface area contributed by atoms with E-state index in [0.29, 0.717) is 26.7 Å². The van der Waals surface area contributed by atoms with E-state index >= 15 is 0 Å². The highest BCUT2D eigenvalue weighted by Crippen LogP contribution is 2.30. The number of carbonyl (C=O) groups is 2. The Hall–Kier alpha value is -3.31. The van der Waals surface area contributed by atoms with Crippen LogP contribution in [-0.4, -0.2) is 36.8 Å².